The van der Waals surface area contributed by atoms with E-state index in [-0.39, 0.29) is 5.91 Å². The number of hydrogen-bond acceptors (Lipinski definition) is 3. The predicted octanol–water partition coefficient (Wildman–Crippen LogP) is 4.25. The van der Waals surface area contributed by atoms with E-state index >= 15 is 0 Å². The Labute approximate surface area is 157 Å². The minimum Gasteiger partial charge on any atom is -0.444 e. The Morgan fingerprint density at radius 1 is 1.25 bits per heavy atom. The summed E-state index contributed by atoms with van der Waals surface area (Å²) in [6.07, 6.45) is 1.05. The second-order valence-corrected chi connectivity index (χ2v) is 8.48. The quantitative estimate of drug-likeness (QED) is 0.695. The Kier molecular flexibility index (Phi) is 5.78. The van der Waals surface area contributed by atoms with Gasteiger partial charge in [-0.15, -0.1) is 0 Å². The highest BCUT2D eigenvalue weighted by Crippen LogP contribution is 2.26. The van der Waals surface area contributed by atoms with E-state index in [4.69, 9.17) is 4.74 Å². The number of hydrogen-bond donors (Lipinski definition) is 1. The Bertz CT molecular complexity index is 629. The van der Waals surface area contributed by atoms with E-state index in [0.717, 1.165) is 26.8 Å². The Hall–Kier alpha value is -1.31. The average molecular weight is 444 g/mol. The smallest absolute Gasteiger partial charge is 0.410 e. The van der Waals surface area contributed by atoms with Crippen molar-refractivity contribution in [1.82, 2.24) is 4.90 Å². The van der Waals surface area contributed by atoms with E-state index in [1.165, 1.54) is 4.90 Å². The SMILES string of the molecule is Cc1cc(I)cc(C)c1NC(=O)[C@@H]1CCCN1C(=O)OC(C)(C)C. The summed E-state index contributed by atoms with van der Waals surface area (Å²) in [5.41, 5.74) is 2.31. The zero-order chi connectivity index (χ0) is 18.1. The molecule has 0 radical (unpaired) electrons. The highest BCUT2D eigenvalue weighted by molar-refractivity contribution is 14.1. The minimum absolute atomic E-state index is 0.147. The van der Waals surface area contributed by atoms with Gasteiger partial charge in [0.25, 0.3) is 0 Å². The van der Waals surface area contributed by atoms with Gasteiger partial charge in [-0.3, -0.25) is 9.69 Å². The van der Waals surface area contributed by atoms with Crippen molar-refractivity contribution in [3.8, 4) is 0 Å². The second kappa shape index (κ2) is 7.29. The van der Waals surface area contributed by atoms with Crippen LogP contribution in [0.5, 0.6) is 0 Å². The number of likely N-dealkylation sites (tertiary alicyclic amines) is 1. The number of rotatable bonds is 2. The fourth-order valence-corrected chi connectivity index (χ4v) is 3.83. The maximum Gasteiger partial charge on any atom is 0.410 e. The molecular weight excluding hydrogens is 419 g/mol. The average Bonchev–Trinajstić information content (AvgIpc) is 2.90. The number of halogens is 1. The zero-order valence-corrected chi connectivity index (χ0v) is 17.1. The van der Waals surface area contributed by atoms with Crippen molar-refractivity contribution < 1.29 is 14.3 Å². The Morgan fingerprint density at radius 2 is 1.83 bits per heavy atom. The van der Waals surface area contributed by atoms with Crippen LogP contribution in [0.4, 0.5) is 10.5 Å². The third-order valence-electron chi connectivity index (χ3n) is 3.93. The molecule has 1 aliphatic heterocycles. The lowest BCUT2D eigenvalue weighted by Crippen LogP contribution is -2.45. The number of nitrogens with zero attached hydrogens (tertiary/aromatic N) is 1. The third kappa shape index (κ3) is 4.62. The molecule has 1 aromatic carbocycles. The molecule has 6 heteroatoms. The van der Waals surface area contributed by atoms with Crippen molar-refractivity contribution in [3.63, 3.8) is 0 Å². The summed E-state index contributed by atoms with van der Waals surface area (Å²) in [5, 5.41) is 3.00. The van der Waals surface area contributed by atoms with E-state index in [9.17, 15) is 9.59 Å². The highest BCUT2D eigenvalue weighted by atomic mass is 127. The van der Waals surface area contributed by atoms with E-state index in [1.807, 2.05) is 46.8 Å². The number of anilines is 1. The van der Waals surface area contributed by atoms with Crippen LogP contribution in [0.2, 0.25) is 0 Å². The Balaban J connectivity index is 2.13. The van der Waals surface area contributed by atoms with E-state index in [2.05, 4.69) is 27.9 Å². The molecule has 1 N–H and O–H groups in total. The molecule has 5 nitrogen and oxygen atoms in total. The van der Waals surface area contributed by atoms with Crippen LogP contribution in [0.15, 0.2) is 12.1 Å². The van der Waals surface area contributed by atoms with Crippen LogP contribution in [0, 0.1) is 17.4 Å². The normalized spacial score (nSPS) is 17.8. The predicted molar refractivity (Wildman–Crippen MR) is 103 cm³/mol. The van der Waals surface area contributed by atoms with Gasteiger partial charge in [-0.2, -0.15) is 0 Å². The van der Waals surface area contributed by atoms with Gasteiger partial charge >= 0.3 is 6.09 Å². The summed E-state index contributed by atoms with van der Waals surface area (Å²) in [6.45, 7) is 9.99. The monoisotopic (exact) mass is 444 g/mol. The second-order valence-electron chi connectivity index (χ2n) is 7.24. The number of benzene rings is 1. The summed E-state index contributed by atoms with van der Waals surface area (Å²) in [7, 11) is 0. The highest BCUT2D eigenvalue weighted by Gasteiger charge is 2.36. The van der Waals surface area contributed by atoms with E-state index < -0.39 is 17.7 Å². The van der Waals surface area contributed by atoms with Gasteiger partial charge < -0.3 is 10.1 Å². The molecule has 132 valence electrons. The third-order valence-corrected chi connectivity index (χ3v) is 4.55. The Morgan fingerprint density at radius 3 is 2.38 bits per heavy atom. The maximum atomic E-state index is 12.7. The fourth-order valence-electron chi connectivity index (χ4n) is 2.89. The molecule has 1 atom stereocenters. The lowest BCUT2D eigenvalue weighted by molar-refractivity contribution is -0.120. The van der Waals surface area contributed by atoms with Crippen LogP contribution in [0.25, 0.3) is 0 Å². The molecule has 0 saturated carbocycles. The van der Waals surface area contributed by atoms with Crippen LogP contribution < -0.4 is 5.32 Å². The van der Waals surface area contributed by atoms with Gasteiger partial charge in [0.05, 0.1) is 0 Å². The van der Waals surface area contributed by atoms with Gasteiger partial charge in [-0.05, 0) is 93.3 Å². The number of nitrogens with one attached hydrogen (secondary N) is 1. The van der Waals surface area contributed by atoms with Crippen molar-refractivity contribution in [3.05, 3.63) is 26.8 Å². The molecule has 0 aromatic heterocycles. The first kappa shape index (κ1) is 19.0. The molecule has 1 fully saturated rings. The molecule has 1 aliphatic rings. The number of amides is 2. The molecule has 1 saturated heterocycles. The summed E-state index contributed by atoms with van der Waals surface area (Å²) in [6, 6.07) is 3.59. The van der Waals surface area contributed by atoms with Crippen LogP contribution in [0.1, 0.15) is 44.7 Å². The van der Waals surface area contributed by atoms with Gasteiger partial charge in [0, 0.05) is 15.8 Å². The van der Waals surface area contributed by atoms with Crippen LogP contribution in [-0.2, 0) is 9.53 Å². The first-order valence-corrected chi connectivity index (χ1v) is 9.23. The summed E-state index contributed by atoms with van der Waals surface area (Å²) < 4.78 is 6.56. The van der Waals surface area contributed by atoms with Crippen LogP contribution in [-0.4, -0.2) is 35.1 Å². The van der Waals surface area contributed by atoms with Gasteiger partial charge in [0.1, 0.15) is 11.6 Å². The summed E-state index contributed by atoms with van der Waals surface area (Å²) >= 11 is 2.26. The fraction of sp³-hybridized carbons (Fsp3) is 0.556. The molecule has 2 amide bonds. The lowest BCUT2D eigenvalue weighted by Gasteiger charge is -2.28. The largest absolute Gasteiger partial charge is 0.444 e. The van der Waals surface area contributed by atoms with Crippen molar-refractivity contribution in [2.75, 3.05) is 11.9 Å². The first-order valence-electron chi connectivity index (χ1n) is 8.16. The number of aryl methyl sites for hydroxylation is 2. The molecule has 0 unspecified atom stereocenters. The van der Waals surface area contributed by atoms with Crippen molar-refractivity contribution >= 4 is 40.3 Å². The summed E-state index contributed by atoms with van der Waals surface area (Å²) in [5.74, 6) is -0.147. The molecule has 24 heavy (non-hydrogen) atoms. The minimum atomic E-state index is -0.565. The van der Waals surface area contributed by atoms with Crippen LogP contribution in [0.3, 0.4) is 0 Å². The lowest BCUT2D eigenvalue weighted by atomic mass is 10.1. The zero-order valence-electron chi connectivity index (χ0n) is 14.9. The van der Waals surface area contributed by atoms with Crippen molar-refractivity contribution in [1.29, 1.82) is 0 Å². The standard InChI is InChI=1S/C18H25IN2O3/c1-11-9-13(19)10-12(2)15(11)20-16(22)14-7-6-8-21(14)17(23)24-18(3,4)5/h9-10,14H,6-8H2,1-5H3,(H,20,22)/t14-/m0/s1. The molecule has 1 heterocycles. The van der Waals surface area contributed by atoms with Crippen molar-refractivity contribution in [2.45, 2.75) is 59.1 Å². The molecule has 0 bridgehead atoms. The van der Waals surface area contributed by atoms with Gasteiger partial charge in [0.2, 0.25) is 5.91 Å². The number of ether oxygens (including phenoxy) is 1. The maximum absolute atomic E-state index is 12.7. The van der Waals surface area contributed by atoms with Crippen molar-refractivity contribution in [2.24, 2.45) is 0 Å². The van der Waals surface area contributed by atoms with Crippen LogP contribution >= 0.6 is 22.6 Å². The molecular formula is C18H25IN2O3. The molecule has 1 aromatic rings. The van der Waals surface area contributed by atoms with Gasteiger partial charge in [-0.25, -0.2) is 4.79 Å². The molecule has 0 aliphatic carbocycles. The number of carbonyl (C=O) groups is 2. The van der Waals surface area contributed by atoms with Gasteiger partial charge in [0.15, 0.2) is 0 Å². The van der Waals surface area contributed by atoms with Gasteiger partial charge in [-0.1, -0.05) is 0 Å². The van der Waals surface area contributed by atoms with E-state index in [1.54, 1.807) is 0 Å². The van der Waals surface area contributed by atoms with E-state index in [0.29, 0.717) is 13.0 Å². The molecule has 0 spiro atoms. The topological polar surface area (TPSA) is 58.6 Å². The molecule has 2 rings (SSSR count). The number of carbonyl (C=O) groups excluding carboxylic acids is 2. The first-order chi connectivity index (χ1) is 11.1. The summed E-state index contributed by atoms with van der Waals surface area (Å²) in [4.78, 5) is 26.6.